The lowest BCUT2D eigenvalue weighted by molar-refractivity contribution is -0.228. The number of hydroxylamine groups is 2. The first-order valence-electron chi connectivity index (χ1n) is 14.1. The minimum absolute atomic E-state index is 0.0168. The standard InChI is InChI=1S/C27H35N7O10S2/c1-27(2)18(24(36)34(27)44-46(39,40)41)10-20(35)23(19-14-45-26(29)32-19)33-43-21(25(37)38)13-42-17-7-5-15(6-8-17)16-11-30-22(31-12-16)4-3-9-28/h5-8,14,16,18,21H,3-4,9-13,28H2,1-2H3,(H2,29,32)(H,30,31)(H,37,38)(H,39,40,41)/b33-23-/t18-,21+/m1/s1. The molecule has 1 aromatic heterocycles. The number of amidine groups is 1. The first-order chi connectivity index (χ1) is 21.7. The molecule has 1 amide bonds. The minimum atomic E-state index is -4.98. The molecule has 2 aromatic rings. The van der Waals surface area contributed by atoms with Gasteiger partial charge in [-0.1, -0.05) is 17.3 Å². The number of thiazole rings is 1. The van der Waals surface area contributed by atoms with Crippen LogP contribution < -0.4 is 21.5 Å². The topological polar surface area (TPSA) is 258 Å². The number of carboxylic acids is 1. The number of carbonyl (C=O) groups is 3. The molecular formula is C27H35N7O10S2. The molecule has 0 aliphatic carbocycles. The van der Waals surface area contributed by atoms with Gasteiger partial charge in [-0.3, -0.25) is 19.1 Å². The highest BCUT2D eigenvalue weighted by Crippen LogP contribution is 2.40. The van der Waals surface area contributed by atoms with Gasteiger partial charge in [0.05, 0.1) is 17.3 Å². The number of amides is 1. The summed E-state index contributed by atoms with van der Waals surface area (Å²) in [6.45, 7) is 4.36. The van der Waals surface area contributed by atoms with Gasteiger partial charge in [0.15, 0.2) is 16.6 Å². The van der Waals surface area contributed by atoms with Crippen molar-refractivity contribution in [1.82, 2.24) is 15.4 Å². The lowest BCUT2D eigenvalue weighted by Gasteiger charge is -2.50. The van der Waals surface area contributed by atoms with Crippen LogP contribution in [0.2, 0.25) is 0 Å². The van der Waals surface area contributed by atoms with Crippen molar-refractivity contribution in [3.05, 3.63) is 40.9 Å². The summed E-state index contributed by atoms with van der Waals surface area (Å²) in [5.74, 6) is -2.65. The van der Waals surface area contributed by atoms with Crippen molar-refractivity contribution in [2.75, 3.05) is 32.0 Å². The van der Waals surface area contributed by atoms with Gasteiger partial charge in [0.25, 0.3) is 12.0 Å². The van der Waals surface area contributed by atoms with Crippen LogP contribution in [-0.4, -0.2) is 95.2 Å². The number of benzene rings is 1. The summed E-state index contributed by atoms with van der Waals surface area (Å²) in [5.41, 5.74) is 10.6. The Bertz CT molecular complexity index is 1610. The molecule has 1 aromatic carbocycles. The molecule has 2 aliphatic heterocycles. The van der Waals surface area contributed by atoms with Gasteiger partial charge in [-0.2, -0.15) is 13.5 Å². The smallest absolute Gasteiger partial charge is 0.418 e. The molecule has 7 N–H and O–H groups in total. The molecule has 46 heavy (non-hydrogen) atoms. The Morgan fingerprint density at radius 2 is 2.00 bits per heavy atom. The molecule has 4 rings (SSSR count). The molecule has 1 unspecified atom stereocenters. The zero-order valence-corrected chi connectivity index (χ0v) is 26.6. The quantitative estimate of drug-likeness (QED) is 0.0708. The number of hydrogen-bond acceptors (Lipinski definition) is 15. The summed E-state index contributed by atoms with van der Waals surface area (Å²) in [4.78, 5) is 51.6. The van der Waals surface area contributed by atoms with Crippen LogP contribution in [0.3, 0.4) is 0 Å². The highest BCUT2D eigenvalue weighted by Gasteiger charge is 2.57. The summed E-state index contributed by atoms with van der Waals surface area (Å²) in [6.07, 6.45) is -0.453. The molecule has 3 heterocycles. The van der Waals surface area contributed by atoms with Crippen molar-refractivity contribution in [2.24, 2.45) is 21.8 Å². The molecule has 2 aliphatic rings. The number of aliphatic imine (C=N–C) groups is 1. The first-order valence-corrected chi connectivity index (χ1v) is 16.4. The molecule has 0 radical (unpaired) electrons. The monoisotopic (exact) mass is 681 g/mol. The van der Waals surface area contributed by atoms with Gasteiger partial charge in [0, 0.05) is 37.2 Å². The van der Waals surface area contributed by atoms with E-state index in [9.17, 15) is 27.9 Å². The van der Waals surface area contributed by atoms with E-state index in [1.807, 2.05) is 12.1 Å². The van der Waals surface area contributed by atoms with Crippen LogP contribution >= 0.6 is 11.3 Å². The lowest BCUT2D eigenvalue weighted by atomic mass is 9.74. The molecule has 0 bridgehead atoms. The fraction of sp³-hybridized carbons (Fsp3) is 0.481. The second-order valence-electron chi connectivity index (χ2n) is 11.0. The van der Waals surface area contributed by atoms with Crippen LogP contribution in [0.4, 0.5) is 5.13 Å². The first kappa shape index (κ1) is 34.7. The van der Waals surface area contributed by atoms with Gasteiger partial charge < -0.3 is 31.5 Å². The van der Waals surface area contributed by atoms with Gasteiger partial charge in [-0.15, -0.1) is 15.6 Å². The molecule has 0 spiro atoms. The highest BCUT2D eigenvalue weighted by molar-refractivity contribution is 7.80. The number of β-lactam (4-membered cyclic amide) rings is 1. The molecule has 1 fully saturated rings. The number of carbonyl (C=O) groups excluding carboxylic acids is 2. The van der Waals surface area contributed by atoms with Crippen LogP contribution in [0.25, 0.3) is 0 Å². The number of nitrogen functional groups attached to an aromatic ring is 1. The van der Waals surface area contributed by atoms with E-state index < -0.39 is 64.4 Å². The molecule has 0 saturated carbocycles. The van der Waals surface area contributed by atoms with E-state index in [1.165, 1.54) is 19.2 Å². The molecule has 1 saturated heterocycles. The number of carboxylic acid groups (broad SMARTS) is 1. The van der Waals surface area contributed by atoms with Crippen molar-refractivity contribution in [1.29, 1.82) is 0 Å². The van der Waals surface area contributed by atoms with Crippen molar-refractivity contribution in [3.63, 3.8) is 0 Å². The summed E-state index contributed by atoms with van der Waals surface area (Å²) in [5, 5.41) is 18.8. The number of ketones is 1. The third kappa shape index (κ3) is 8.55. The van der Waals surface area contributed by atoms with Crippen LogP contribution in [0, 0.1) is 5.92 Å². The predicted molar refractivity (Wildman–Crippen MR) is 166 cm³/mol. The molecular weight excluding hydrogens is 646 g/mol. The molecule has 17 nitrogen and oxygen atoms in total. The van der Waals surface area contributed by atoms with E-state index in [1.54, 1.807) is 12.1 Å². The Labute approximate surface area is 268 Å². The summed E-state index contributed by atoms with van der Waals surface area (Å²) < 4.78 is 41.1. The summed E-state index contributed by atoms with van der Waals surface area (Å²) >= 11 is 0.990. The Balaban J connectivity index is 1.40. The van der Waals surface area contributed by atoms with Crippen molar-refractivity contribution in [3.8, 4) is 5.75 Å². The maximum absolute atomic E-state index is 13.3. The Kier molecular flexibility index (Phi) is 10.9. The number of oxime groups is 1. The largest absolute Gasteiger partial charge is 0.489 e. The maximum Gasteiger partial charge on any atom is 0.418 e. The van der Waals surface area contributed by atoms with Gasteiger partial charge in [-0.05, 0) is 44.5 Å². The zero-order chi connectivity index (χ0) is 33.6. The van der Waals surface area contributed by atoms with Crippen molar-refractivity contribution in [2.45, 2.75) is 50.7 Å². The minimum Gasteiger partial charge on any atom is -0.489 e. The van der Waals surface area contributed by atoms with E-state index in [-0.39, 0.29) is 16.7 Å². The summed E-state index contributed by atoms with van der Waals surface area (Å²) in [6, 6.07) is 7.13. The Hall–Kier alpha value is -4.17. The number of aromatic nitrogens is 1. The fourth-order valence-electron chi connectivity index (χ4n) is 4.80. The average Bonchev–Trinajstić information content (AvgIpc) is 3.44. The van der Waals surface area contributed by atoms with E-state index in [0.717, 1.165) is 42.1 Å². The number of nitrogens with one attached hydrogen (secondary N) is 1. The van der Waals surface area contributed by atoms with Crippen molar-refractivity contribution < 1.29 is 46.3 Å². The molecule has 19 heteroatoms. The number of anilines is 1. The second-order valence-corrected chi connectivity index (χ2v) is 12.9. The number of aliphatic carboxylic acids is 1. The lowest BCUT2D eigenvalue weighted by Crippen LogP contribution is -2.68. The van der Waals surface area contributed by atoms with E-state index in [2.05, 4.69) is 24.7 Å². The van der Waals surface area contributed by atoms with Crippen LogP contribution in [0.15, 0.2) is 39.8 Å². The van der Waals surface area contributed by atoms with Gasteiger partial charge >= 0.3 is 16.4 Å². The van der Waals surface area contributed by atoms with Gasteiger partial charge in [0.1, 0.15) is 18.1 Å². The average molecular weight is 682 g/mol. The summed E-state index contributed by atoms with van der Waals surface area (Å²) in [7, 11) is -4.98. The van der Waals surface area contributed by atoms with Crippen molar-refractivity contribution >= 4 is 56.1 Å². The number of hydrogen-bond donors (Lipinski definition) is 5. The number of Topliss-reactive ketones (excluding diaryl/α,β-unsaturated/α-hetero) is 1. The Morgan fingerprint density at radius 1 is 1.28 bits per heavy atom. The molecule has 3 atom stereocenters. The van der Waals surface area contributed by atoms with Crippen LogP contribution in [0.1, 0.15) is 50.3 Å². The van der Waals surface area contributed by atoms with Gasteiger partial charge in [0.2, 0.25) is 0 Å². The second kappa shape index (κ2) is 14.5. The fourth-order valence-corrected chi connectivity index (χ4v) is 5.80. The van der Waals surface area contributed by atoms with E-state index >= 15 is 0 Å². The number of nitrogens with zero attached hydrogens (tertiary/aromatic N) is 4. The zero-order valence-electron chi connectivity index (χ0n) is 25.0. The number of rotatable bonds is 16. The maximum atomic E-state index is 13.3. The predicted octanol–water partition coefficient (Wildman–Crippen LogP) is 0.733. The highest BCUT2D eigenvalue weighted by atomic mass is 32.3. The van der Waals surface area contributed by atoms with E-state index in [4.69, 9.17) is 25.6 Å². The third-order valence-electron chi connectivity index (χ3n) is 7.43. The molecule has 250 valence electrons. The normalized spacial score (nSPS) is 20.3. The Morgan fingerprint density at radius 3 is 2.54 bits per heavy atom. The SMILES string of the molecule is CC1(C)[C@H](CC(=O)/C(=N\O[C@@H](COc2ccc(C3CN=C(CCCN)NC3)cc2)C(=O)O)c2csc(N)n2)C(=O)N1OS(=O)(=O)O. The number of nitrogens with two attached hydrogens (primary N) is 2. The van der Waals surface area contributed by atoms with Crippen LogP contribution in [-0.2, 0) is 33.9 Å². The third-order valence-corrected chi connectivity index (χ3v) is 8.45. The van der Waals surface area contributed by atoms with Crippen LogP contribution in [0.5, 0.6) is 5.75 Å². The number of ether oxygens (including phenoxy) is 1. The van der Waals surface area contributed by atoms with Gasteiger partial charge in [-0.25, -0.2) is 9.78 Å². The van der Waals surface area contributed by atoms with E-state index in [0.29, 0.717) is 23.9 Å².